The number of benzene rings is 1. The normalized spacial score (nSPS) is 15.8. The number of carbonyl (C=O) groups is 1. The van der Waals surface area contributed by atoms with Gasteiger partial charge in [-0.2, -0.15) is 0 Å². The van der Waals surface area contributed by atoms with E-state index in [1.807, 2.05) is 26.8 Å². The van der Waals surface area contributed by atoms with E-state index in [2.05, 4.69) is 9.88 Å². The highest BCUT2D eigenvalue weighted by Gasteiger charge is 2.26. The van der Waals surface area contributed by atoms with Crippen molar-refractivity contribution in [3.8, 4) is 0 Å². The minimum absolute atomic E-state index is 0.156. The number of aromatic nitrogens is 1. The summed E-state index contributed by atoms with van der Waals surface area (Å²) >= 11 is 0. The number of rotatable bonds is 6. The highest BCUT2D eigenvalue weighted by atomic mass is 32.2. The molecule has 0 saturated carbocycles. The Hall–Kier alpha value is -2.68. The first-order chi connectivity index (χ1) is 15.9. The van der Waals surface area contributed by atoms with Crippen LogP contribution in [0.25, 0.3) is 0 Å². The van der Waals surface area contributed by atoms with Crippen molar-refractivity contribution in [2.45, 2.75) is 56.8 Å². The van der Waals surface area contributed by atoms with Crippen LogP contribution in [0.4, 0.5) is 15.0 Å². The fourth-order valence-corrected chi connectivity index (χ4v) is 5.16. The molecule has 1 aliphatic rings. The molecule has 1 fully saturated rings. The molecule has 186 valence electrons. The van der Waals surface area contributed by atoms with E-state index >= 15 is 0 Å². The van der Waals surface area contributed by atoms with Gasteiger partial charge in [-0.3, -0.25) is 4.39 Å². The van der Waals surface area contributed by atoms with Gasteiger partial charge >= 0.3 is 6.09 Å². The van der Waals surface area contributed by atoms with Crippen LogP contribution >= 0.6 is 0 Å². The zero-order valence-corrected chi connectivity index (χ0v) is 21.4. The molecule has 0 unspecified atom stereocenters. The quantitative estimate of drug-likeness (QED) is 0.592. The molecule has 3 rings (SSSR count). The van der Waals surface area contributed by atoms with Crippen LogP contribution in [0, 0.1) is 6.92 Å². The SMILES string of the molecule is Cc1nc(N2CCN(C(=O)OC(C)(C)C)CC2)ccc1CS(=O)(=O)c1ccc([C@@H](C)CF)cc1. The molecule has 2 aromatic rings. The molecule has 0 radical (unpaired) electrons. The highest BCUT2D eigenvalue weighted by Crippen LogP contribution is 2.24. The summed E-state index contributed by atoms with van der Waals surface area (Å²) in [5, 5.41) is 0. The highest BCUT2D eigenvalue weighted by molar-refractivity contribution is 7.90. The van der Waals surface area contributed by atoms with E-state index < -0.39 is 22.1 Å². The second kappa shape index (κ2) is 10.3. The van der Waals surface area contributed by atoms with Gasteiger partial charge in [0.15, 0.2) is 9.84 Å². The average molecular weight is 492 g/mol. The Bertz CT molecular complexity index is 1110. The lowest BCUT2D eigenvalue weighted by atomic mass is 10.0. The molecule has 1 aliphatic heterocycles. The van der Waals surface area contributed by atoms with Gasteiger partial charge < -0.3 is 14.5 Å². The van der Waals surface area contributed by atoms with Crippen LogP contribution in [0.2, 0.25) is 0 Å². The number of amides is 1. The standard InChI is InChI=1S/C25H34FN3O4S/c1-18(16-26)20-6-9-22(10-7-20)34(31,32)17-21-8-11-23(27-19(21)2)28-12-14-29(15-13-28)24(30)33-25(3,4)5/h6-11,18H,12-17H2,1-5H3/t18-/m0/s1. The van der Waals surface area contributed by atoms with Crippen molar-refractivity contribution in [2.75, 3.05) is 37.8 Å². The maximum absolute atomic E-state index is 12.9. The largest absolute Gasteiger partial charge is 0.444 e. The van der Waals surface area contributed by atoms with Crippen molar-refractivity contribution in [1.29, 1.82) is 0 Å². The smallest absolute Gasteiger partial charge is 0.410 e. The molecule has 2 heterocycles. The fraction of sp³-hybridized carbons (Fsp3) is 0.520. The number of sulfone groups is 1. The predicted octanol–water partition coefficient (Wildman–Crippen LogP) is 4.49. The van der Waals surface area contributed by atoms with Crippen molar-refractivity contribution in [3.63, 3.8) is 0 Å². The van der Waals surface area contributed by atoms with Crippen molar-refractivity contribution in [3.05, 3.63) is 53.2 Å². The van der Waals surface area contributed by atoms with Crippen LogP contribution in [-0.4, -0.2) is 62.8 Å². The molecular weight excluding hydrogens is 457 g/mol. The number of pyridine rings is 1. The topological polar surface area (TPSA) is 79.8 Å². The number of aryl methyl sites for hydroxylation is 1. The number of ether oxygens (including phenoxy) is 1. The van der Waals surface area contributed by atoms with E-state index in [0.717, 1.165) is 11.4 Å². The molecule has 0 aliphatic carbocycles. The van der Waals surface area contributed by atoms with Crippen LogP contribution in [0.1, 0.15) is 50.4 Å². The lowest BCUT2D eigenvalue weighted by Gasteiger charge is -2.36. The van der Waals surface area contributed by atoms with E-state index in [9.17, 15) is 17.6 Å². The zero-order valence-electron chi connectivity index (χ0n) is 20.5. The molecule has 1 atom stereocenters. The van der Waals surface area contributed by atoms with Gasteiger partial charge in [-0.25, -0.2) is 18.2 Å². The Morgan fingerprint density at radius 2 is 1.71 bits per heavy atom. The molecule has 0 bridgehead atoms. The van der Waals surface area contributed by atoms with Crippen molar-refractivity contribution in [1.82, 2.24) is 9.88 Å². The van der Waals surface area contributed by atoms with E-state index in [-0.39, 0.29) is 22.7 Å². The van der Waals surface area contributed by atoms with Crippen LogP contribution in [0.3, 0.4) is 0 Å². The molecular formula is C25H34FN3O4S. The lowest BCUT2D eigenvalue weighted by molar-refractivity contribution is 0.0240. The lowest BCUT2D eigenvalue weighted by Crippen LogP contribution is -2.50. The Morgan fingerprint density at radius 3 is 2.24 bits per heavy atom. The third-order valence-electron chi connectivity index (χ3n) is 5.82. The summed E-state index contributed by atoms with van der Waals surface area (Å²) in [5.74, 6) is 0.338. The van der Waals surface area contributed by atoms with E-state index in [4.69, 9.17) is 4.74 Å². The molecule has 0 N–H and O–H groups in total. The third kappa shape index (κ3) is 6.46. The summed E-state index contributed by atoms with van der Waals surface area (Å²) in [6.45, 7) is 10.9. The van der Waals surface area contributed by atoms with Gasteiger partial charge in [0.25, 0.3) is 0 Å². The number of hydrogen-bond donors (Lipinski definition) is 0. The van der Waals surface area contributed by atoms with Crippen molar-refractivity contribution >= 4 is 21.7 Å². The number of alkyl halides is 1. The average Bonchev–Trinajstić information content (AvgIpc) is 2.79. The minimum Gasteiger partial charge on any atom is -0.444 e. The third-order valence-corrected chi connectivity index (χ3v) is 7.50. The van der Waals surface area contributed by atoms with E-state index in [1.54, 1.807) is 36.9 Å². The molecule has 1 saturated heterocycles. The van der Waals surface area contributed by atoms with Gasteiger partial charge in [0.1, 0.15) is 11.4 Å². The number of halogens is 1. The molecule has 0 spiro atoms. The van der Waals surface area contributed by atoms with Gasteiger partial charge in [-0.05, 0) is 57.0 Å². The van der Waals surface area contributed by atoms with Crippen LogP contribution < -0.4 is 4.90 Å². The Morgan fingerprint density at radius 1 is 1.09 bits per heavy atom. The monoisotopic (exact) mass is 491 g/mol. The number of piperazine rings is 1. The van der Waals surface area contributed by atoms with Gasteiger partial charge in [-0.1, -0.05) is 25.1 Å². The maximum atomic E-state index is 12.9. The van der Waals surface area contributed by atoms with E-state index in [0.29, 0.717) is 37.4 Å². The Balaban J connectivity index is 1.65. The first kappa shape index (κ1) is 25.9. The number of hydrogen-bond acceptors (Lipinski definition) is 6. The second-order valence-electron chi connectivity index (χ2n) is 9.75. The molecule has 1 amide bonds. The fourth-order valence-electron chi connectivity index (χ4n) is 3.73. The molecule has 1 aromatic carbocycles. The number of anilines is 1. The first-order valence-corrected chi connectivity index (χ1v) is 13.1. The van der Waals surface area contributed by atoms with Crippen LogP contribution in [-0.2, 0) is 20.3 Å². The van der Waals surface area contributed by atoms with Gasteiger partial charge in [-0.15, -0.1) is 0 Å². The summed E-state index contributed by atoms with van der Waals surface area (Å²) in [7, 11) is -3.56. The molecule has 9 heteroatoms. The Kier molecular flexibility index (Phi) is 7.85. The van der Waals surface area contributed by atoms with Crippen molar-refractivity contribution < 1.29 is 22.3 Å². The second-order valence-corrected chi connectivity index (χ2v) is 11.7. The van der Waals surface area contributed by atoms with E-state index in [1.165, 1.54) is 12.1 Å². The van der Waals surface area contributed by atoms with Gasteiger partial charge in [0.05, 0.1) is 17.3 Å². The molecule has 7 nitrogen and oxygen atoms in total. The number of carbonyl (C=O) groups excluding carboxylic acids is 1. The first-order valence-electron chi connectivity index (χ1n) is 11.5. The summed E-state index contributed by atoms with van der Waals surface area (Å²) in [5.41, 5.74) is 1.53. The predicted molar refractivity (Wildman–Crippen MR) is 131 cm³/mol. The van der Waals surface area contributed by atoms with Gasteiger partial charge in [0, 0.05) is 37.8 Å². The van der Waals surface area contributed by atoms with Crippen LogP contribution in [0.5, 0.6) is 0 Å². The summed E-state index contributed by atoms with van der Waals surface area (Å²) in [6, 6.07) is 10.0. The zero-order chi connectivity index (χ0) is 25.1. The van der Waals surface area contributed by atoms with Crippen molar-refractivity contribution in [2.24, 2.45) is 0 Å². The van der Waals surface area contributed by atoms with Crippen LogP contribution in [0.15, 0.2) is 41.3 Å². The maximum Gasteiger partial charge on any atom is 0.410 e. The minimum atomic E-state index is -3.56. The van der Waals surface area contributed by atoms with Gasteiger partial charge in [0.2, 0.25) is 0 Å². The Labute approximate surface area is 201 Å². The summed E-state index contributed by atoms with van der Waals surface area (Å²) in [4.78, 5) is 20.9. The molecule has 1 aromatic heterocycles. The number of nitrogens with zero attached hydrogens (tertiary/aromatic N) is 3. The summed E-state index contributed by atoms with van der Waals surface area (Å²) < 4.78 is 44.2. The summed E-state index contributed by atoms with van der Waals surface area (Å²) in [6.07, 6.45) is -0.316. The molecule has 34 heavy (non-hydrogen) atoms.